The second-order valence-electron chi connectivity index (χ2n) is 6.51. The molecule has 0 aliphatic heterocycles. The van der Waals surface area contributed by atoms with Crippen LogP contribution in [0.5, 0.6) is 0 Å². The molecular formula is C20H39NO4. The molecule has 1 amide bonds. The SMILES string of the molecule is CC.CCC(=O)CCNC(=O)CCCOCC1CCC(COC)CC1. The van der Waals surface area contributed by atoms with Gasteiger partial charge in [-0.25, -0.2) is 0 Å². The maximum atomic E-state index is 11.6. The number of ketones is 1. The van der Waals surface area contributed by atoms with Crippen LogP contribution in [-0.2, 0) is 19.1 Å². The van der Waals surface area contributed by atoms with E-state index in [1.54, 1.807) is 7.11 Å². The molecule has 1 saturated carbocycles. The van der Waals surface area contributed by atoms with Gasteiger partial charge in [0.1, 0.15) is 5.78 Å². The van der Waals surface area contributed by atoms with Crippen molar-refractivity contribution in [2.24, 2.45) is 11.8 Å². The third-order valence-electron chi connectivity index (χ3n) is 4.54. The predicted octanol–water partition coefficient (Wildman–Crippen LogP) is 3.75. The first kappa shape index (κ1) is 24.1. The number of methoxy groups -OCH3 is 1. The molecule has 0 heterocycles. The summed E-state index contributed by atoms with van der Waals surface area (Å²) in [4.78, 5) is 22.7. The molecule has 148 valence electrons. The molecular weight excluding hydrogens is 318 g/mol. The molecule has 1 aliphatic rings. The van der Waals surface area contributed by atoms with Gasteiger partial charge in [0.05, 0.1) is 0 Å². The summed E-state index contributed by atoms with van der Waals surface area (Å²) in [6.07, 6.45) is 7.11. The monoisotopic (exact) mass is 357 g/mol. The normalized spacial score (nSPS) is 19.7. The first-order valence-electron chi connectivity index (χ1n) is 10.0. The minimum Gasteiger partial charge on any atom is -0.384 e. The van der Waals surface area contributed by atoms with E-state index in [4.69, 9.17) is 9.47 Å². The molecule has 1 N–H and O–H groups in total. The van der Waals surface area contributed by atoms with Gasteiger partial charge in [-0.3, -0.25) is 9.59 Å². The smallest absolute Gasteiger partial charge is 0.220 e. The van der Waals surface area contributed by atoms with Crippen molar-refractivity contribution < 1.29 is 19.1 Å². The van der Waals surface area contributed by atoms with Crippen LogP contribution in [0.15, 0.2) is 0 Å². The average Bonchev–Trinajstić information content (AvgIpc) is 2.64. The highest BCUT2D eigenvalue weighted by atomic mass is 16.5. The number of carbonyl (C=O) groups excluding carboxylic acids is 2. The van der Waals surface area contributed by atoms with Gasteiger partial charge in [-0.1, -0.05) is 20.8 Å². The summed E-state index contributed by atoms with van der Waals surface area (Å²) in [5.74, 6) is 1.59. The van der Waals surface area contributed by atoms with Crippen LogP contribution in [0.4, 0.5) is 0 Å². The zero-order valence-electron chi connectivity index (χ0n) is 16.8. The standard InChI is InChI=1S/C18H33NO4.C2H6/c1-3-17(20)10-11-19-18(21)5-4-12-23-14-16-8-6-15(7-9-16)13-22-2;1-2/h15-16H,3-14H2,1-2H3,(H,19,21);1-2H3. The molecule has 0 saturated heterocycles. The van der Waals surface area contributed by atoms with Gasteiger partial charge in [-0.2, -0.15) is 0 Å². The van der Waals surface area contributed by atoms with E-state index >= 15 is 0 Å². The lowest BCUT2D eigenvalue weighted by molar-refractivity contribution is -0.121. The Bertz CT molecular complexity index is 339. The minimum absolute atomic E-state index is 0.0116. The number of carbonyl (C=O) groups is 2. The number of Topliss-reactive ketones (excluding diaryl/α,β-unsaturated/α-hetero) is 1. The number of hydrogen-bond acceptors (Lipinski definition) is 4. The van der Waals surface area contributed by atoms with Crippen LogP contribution in [0, 0.1) is 11.8 Å². The average molecular weight is 358 g/mol. The maximum Gasteiger partial charge on any atom is 0.220 e. The third kappa shape index (κ3) is 13.0. The molecule has 0 aromatic carbocycles. The predicted molar refractivity (Wildman–Crippen MR) is 102 cm³/mol. The molecule has 25 heavy (non-hydrogen) atoms. The Balaban J connectivity index is 0.00000277. The Kier molecular flexibility index (Phi) is 15.9. The van der Waals surface area contributed by atoms with Crippen LogP contribution < -0.4 is 5.32 Å². The molecule has 0 unspecified atom stereocenters. The van der Waals surface area contributed by atoms with E-state index in [1.165, 1.54) is 25.7 Å². The van der Waals surface area contributed by atoms with Gasteiger partial charge in [-0.05, 0) is 43.9 Å². The fraction of sp³-hybridized carbons (Fsp3) is 0.900. The summed E-state index contributed by atoms with van der Waals surface area (Å²) < 4.78 is 10.9. The maximum absolute atomic E-state index is 11.6. The van der Waals surface area contributed by atoms with Crippen LogP contribution in [0.25, 0.3) is 0 Å². The Hall–Kier alpha value is -0.940. The van der Waals surface area contributed by atoms with Crippen molar-refractivity contribution in [2.45, 2.75) is 72.1 Å². The highest BCUT2D eigenvalue weighted by Crippen LogP contribution is 2.28. The number of amides is 1. The number of rotatable bonds is 12. The largest absolute Gasteiger partial charge is 0.384 e. The van der Waals surface area contributed by atoms with E-state index in [0.717, 1.165) is 25.6 Å². The summed E-state index contributed by atoms with van der Waals surface area (Å²) in [7, 11) is 1.77. The fourth-order valence-electron chi connectivity index (χ4n) is 2.99. The highest BCUT2D eigenvalue weighted by molar-refractivity contribution is 5.80. The third-order valence-corrected chi connectivity index (χ3v) is 4.54. The molecule has 0 radical (unpaired) electrons. The minimum atomic E-state index is 0.0116. The van der Waals surface area contributed by atoms with Crippen LogP contribution in [0.2, 0.25) is 0 Å². The molecule has 0 atom stereocenters. The Labute approximate surface area is 154 Å². The lowest BCUT2D eigenvalue weighted by Crippen LogP contribution is -2.26. The molecule has 0 aromatic rings. The summed E-state index contributed by atoms with van der Waals surface area (Å²) in [6.45, 7) is 8.63. The van der Waals surface area contributed by atoms with Crippen molar-refractivity contribution in [3.05, 3.63) is 0 Å². The second-order valence-corrected chi connectivity index (χ2v) is 6.51. The Morgan fingerprint density at radius 3 is 2.16 bits per heavy atom. The van der Waals surface area contributed by atoms with Crippen LogP contribution >= 0.6 is 0 Å². The van der Waals surface area contributed by atoms with Gasteiger partial charge in [-0.15, -0.1) is 0 Å². The van der Waals surface area contributed by atoms with Crippen molar-refractivity contribution in [2.75, 3.05) is 33.5 Å². The Morgan fingerprint density at radius 1 is 1.00 bits per heavy atom. The zero-order valence-corrected chi connectivity index (χ0v) is 16.8. The van der Waals surface area contributed by atoms with E-state index < -0.39 is 0 Å². The molecule has 1 rings (SSSR count). The highest BCUT2D eigenvalue weighted by Gasteiger charge is 2.20. The lowest BCUT2D eigenvalue weighted by Gasteiger charge is -2.27. The van der Waals surface area contributed by atoms with Crippen LogP contribution in [0.1, 0.15) is 72.1 Å². The van der Waals surface area contributed by atoms with E-state index in [1.807, 2.05) is 20.8 Å². The summed E-state index contributed by atoms with van der Waals surface area (Å²) in [6, 6.07) is 0. The lowest BCUT2D eigenvalue weighted by atomic mass is 9.83. The van der Waals surface area contributed by atoms with Gasteiger partial charge >= 0.3 is 0 Å². The van der Waals surface area contributed by atoms with E-state index in [-0.39, 0.29) is 11.7 Å². The first-order valence-corrected chi connectivity index (χ1v) is 10.0. The van der Waals surface area contributed by atoms with Gasteiger partial charge in [0.25, 0.3) is 0 Å². The molecule has 0 spiro atoms. The molecule has 0 bridgehead atoms. The quantitative estimate of drug-likeness (QED) is 0.540. The molecule has 0 aromatic heterocycles. The summed E-state index contributed by atoms with van der Waals surface area (Å²) in [5, 5.41) is 2.78. The second kappa shape index (κ2) is 16.5. The van der Waals surface area contributed by atoms with Crippen LogP contribution in [-0.4, -0.2) is 45.2 Å². The van der Waals surface area contributed by atoms with E-state index in [2.05, 4.69) is 5.32 Å². The van der Waals surface area contributed by atoms with Crippen molar-refractivity contribution in [1.29, 1.82) is 0 Å². The van der Waals surface area contributed by atoms with Gasteiger partial charge in [0.2, 0.25) is 5.91 Å². The van der Waals surface area contributed by atoms with Crippen molar-refractivity contribution in [3.8, 4) is 0 Å². The molecule has 1 aliphatic carbocycles. The van der Waals surface area contributed by atoms with Crippen molar-refractivity contribution >= 4 is 11.7 Å². The van der Waals surface area contributed by atoms with Gasteiger partial charge in [0, 0.05) is 52.7 Å². The molecule has 5 heteroatoms. The molecule has 1 fully saturated rings. The van der Waals surface area contributed by atoms with Crippen molar-refractivity contribution in [1.82, 2.24) is 5.32 Å². The van der Waals surface area contributed by atoms with E-state index in [9.17, 15) is 9.59 Å². The topological polar surface area (TPSA) is 64.6 Å². The number of nitrogens with one attached hydrogen (secondary N) is 1. The number of ether oxygens (including phenoxy) is 2. The number of hydrogen-bond donors (Lipinski definition) is 1. The first-order chi connectivity index (χ1) is 12.2. The summed E-state index contributed by atoms with van der Waals surface area (Å²) in [5.41, 5.74) is 0. The summed E-state index contributed by atoms with van der Waals surface area (Å²) >= 11 is 0. The molecule has 5 nitrogen and oxygen atoms in total. The van der Waals surface area contributed by atoms with Crippen molar-refractivity contribution in [3.63, 3.8) is 0 Å². The Morgan fingerprint density at radius 2 is 1.60 bits per heavy atom. The van der Waals surface area contributed by atoms with E-state index in [0.29, 0.717) is 38.3 Å². The fourth-order valence-corrected chi connectivity index (χ4v) is 2.99. The van der Waals surface area contributed by atoms with Gasteiger partial charge in [0.15, 0.2) is 0 Å². The van der Waals surface area contributed by atoms with Crippen LogP contribution in [0.3, 0.4) is 0 Å². The zero-order chi connectivity index (χ0) is 18.9. The van der Waals surface area contributed by atoms with Gasteiger partial charge < -0.3 is 14.8 Å².